The Bertz CT molecular complexity index is 435. The molecular formula is C10H8F8O4. The van der Waals surface area contributed by atoms with Gasteiger partial charge in [0.15, 0.2) is 0 Å². The van der Waals surface area contributed by atoms with E-state index in [2.05, 4.69) is 20.8 Å². The van der Waals surface area contributed by atoms with Crippen molar-refractivity contribution in [1.82, 2.24) is 0 Å². The molecule has 1 saturated heterocycles. The van der Waals surface area contributed by atoms with Crippen molar-refractivity contribution in [3.8, 4) is 0 Å². The van der Waals surface area contributed by atoms with Crippen molar-refractivity contribution in [2.75, 3.05) is 13.2 Å². The fraction of sp³-hybridized carbons (Fsp3) is 0.700. The van der Waals surface area contributed by atoms with Gasteiger partial charge in [0.05, 0.1) is 13.2 Å². The lowest BCUT2D eigenvalue weighted by Crippen LogP contribution is -2.55. The second-order valence-electron chi connectivity index (χ2n) is 4.05. The van der Waals surface area contributed by atoms with Gasteiger partial charge in [-0.1, -0.05) is 6.58 Å². The third kappa shape index (κ3) is 4.06. The average Bonchev–Trinajstić information content (AvgIpc) is 2.86. The lowest BCUT2D eigenvalue weighted by Gasteiger charge is -2.31. The van der Waals surface area contributed by atoms with Gasteiger partial charge in [0.25, 0.3) is 6.10 Å². The Morgan fingerprint density at radius 2 is 1.50 bits per heavy atom. The minimum absolute atomic E-state index is 0.450. The van der Waals surface area contributed by atoms with Gasteiger partial charge in [0.2, 0.25) is 6.29 Å². The highest BCUT2D eigenvalue weighted by atomic mass is 19.4. The van der Waals surface area contributed by atoms with Crippen LogP contribution in [0.25, 0.3) is 0 Å². The van der Waals surface area contributed by atoms with E-state index < -0.39 is 55.4 Å². The van der Waals surface area contributed by atoms with Crippen molar-refractivity contribution in [1.29, 1.82) is 0 Å². The fourth-order valence-corrected chi connectivity index (χ4v) is 1.36. The van der Waals surface area contributed by atoms with E-state index >= 15 is 0 Å². The summed E-state index contributed by atoms with van der Waals surface area (Å²) in [6.45, 7) is 1.27. The number of hydrogen-bond acceptors (Lipinski definition) is 4. The van der Waals surface area contributed by atoms with Crippen molar-refractivity contribution >= 4 is 5.97 Å². The van der Waals surface area contributed by atoms with Crippen molar-refractivity contribution < 1.29 is 54.1 Å². The number of alkyl halides is 8. The first kappa shape index (κ1) is 18.6. The van der Waals surface area contributed by atoms with Gasteiger partial charge < -0.3 is 14.2 Å². The highest BCUT2D eigenvalue weighted by molar-refractivity contribution is 5.89. The summed E-state index contributed by atoms with van der Waals surface area (Å²) in [5, 5.41) is 0. The largest absolute Gasteiger partial charge is 0.442 e. The molecule has 0 saturated carbocycles. The molecule has 1 unspecified atom stereocenters. The summed E-state index contributed by atoms with van der Waals surface area (Å²) in [6, 6.07) is 0. The van der Waals surface area contributed by atoms with Crippen LogP contribution < -0.4 is 0 Å². The van der Waals surface area contributed by atoms with E-state index in [0.717, 1.165) is 0 Å². The van der Waals surface area contributed by atoms with Gasteiger partial charge in [-0.15, -0.1) is 0 Å². The van der Waals surface area contributed by atoms with Crippen LogP contribution in [0.3, 0.4) is 0 Å². The van der Waals surface area contributed by atoms with Crippen LogP contribution in [0.1, 0.15) is 0 Å². The number of ether oxygens (including phenoxy) is 3. The molecule has 1 fully saturated rings. The second kappa shape index (κ2) is 5.99. The summed E-state index contributed by atoms with van der Waals surface area (Å²) >= 11 is 0. The van der Waals surface area contributed by atoms with E-state index in [1.165, 1.54) is 0 Å². The molecule has 0 aromatic heterocycles. The third-order valence-corrected chi connectivity index (χ3v) is 2.40. The molecule has 0 aromatic carbocycles. The molecule has 0 N–H and O–H groups in total. The first-order valence-electron chi connectivity index (χ1n) is 5.42. The molecule has 1 aliphatic heterocycles. The minimum Gasteiger partial charge on any atom is -0.442 e. The average molecular weight is 344 g/mol. The minimum atomic E-state index is -5.86. The molecule has 1 rings (SSSR count). The van der Waals surface area contributed by atoms with Crippen LogP contribution >= 0.6 is 0 Å². The van der Waals surface area contributed by atoms with Crippen LogP contribution in [-0.2, 0) is 19.0 Å². The Kier molecular flexibility index (Phi) is 5.07. The molecule has 1 heterocycles. The van der Waals surface area contributed by atoms with Crippen molar-refractivity contribution in [3.63, 3.8) is 0 Å². The molecule has 1 aliphatic rings. The van der Waals surface area contributed by atoms with Crippen LogP contribution in [0.2, 0.25) is 0 Å². The molecule has 12 heteroatoms. The van der Waals surface area contributed by atoms with Gasteiger partial charge in [-0.2, -0.15) is 35.1 Å². The zero-order valence-electron chi connectivity index (χ0n) is 10.4. The summed E-state index contributed by atoms with van der Waals surface area (Å²) in [5.41, 5.74) is -2.36. The Balaban J connectivity index is 3.00. The van der Waals surface area contributed by atoms with Gasteiger partial charge in [-0.3, -0.25) is 0 Å². The van der Waals surface area contributed by atoms with E-state index in [1.54, 1.807) is 0 Å². The van der Waals surface area contributed by atoms with E-state index in [0.29, 0.717) is 0 Å². The van der Waals surface area contributed by atoms with Crippen molar-refractivity contribution in [3.05, 3.63) is 12.2 Å². The topological polar surface area (TPSA) is 44.8 Å². The number of carbonyl (C=O) groups is 1. The molecule has 0 amide bonds. The smallest absolute Gasteiger partial charge is 0.431 e. The number of carbonyl (C=O) groups excluding carboxylic acids is 1. The number of esters is 1. The molecule has 0 radical (unpaired) electrons. The van der Waals surface area contributed by atoms with Gasteiger partial charge in [0.1, 0.15) is 5.57 Å². The summed E-state index contributed by atoms with van der Waals surface area (Å²) in [7, 11) is 0. The van der Waals surface area contributed by atoms with E-state index in [4.69, 9.17) is 0 Å². The summed E-state index contributed by atoms with van der Waals surface area (Å²) in [6.07, 6.45) is -18.2. The number of halogens is 8. The first-order valence-corrected chi connectivity index (χ1v) is 5.42. The molecule has 0 bridgehead atoms. The lowest BCUT2D eigenvalue weighted by molar-refractivity contribution is -0.321. The quantitative estimate of drug-likeness (QED) is 0.447. The molecule has 0 aliphatic carbocycles. The van der Waals surface area contributed by atoms with Gasteiger partial charge in [-0.05, 0) is 0 Å². The third-order valence-electron chi connectivity index (χ3n) is 2.40. The maximum Gasteiger partial charge on any atom is 0.431 e. The van der Waals surface area contributed by atoms with Gasteiger partial charge in [0, 0.05) is 0 Å². The maximum atomic E-state index is 13.7. The zero-order chi connectivity index (χ0) is 17.3. The van der Waals surface area contributed by atoms with Crippen LogP contribution in [0.4, 0.5) is 35.1 Å². The molecule has 128 valence electrons. The molecular weight excluding hydrogens is 336 g/mol. The number of hydrogen-bond donors (Lipinski definition) is 0. The summed E-state index contributed by atoms with van der Waals surface area (Å²) < 4.78 is 113. The van der Waals surface area contributed by atoms with Gasteiger partial charge >= 0.3 is 24.2 Å². The highest BCUT2D eigenvalue weighted by Crippen LogP contribution is 2.40. The Morgan fingerprint density at radius 1 is 1.05 bits per heavy atom. The second-order valence-corrected chi connectivity index (χ2v) is 4.05. The highest BCUT2D eigenvalue weighted by Gasteiger charge is 2.64. The SMILES string of the molecule is C=C(C(=O)OC(C(F)(F)F)C(F)(F)C1OCCO1)C(F)(F)F. The molecule has 22 heavy (non-hydrogen) atoms. The lowest BCUT2D eigenvalue weighted by atomic mass is 10.1. The monoisotopic (exact) mass is 344 g/mol. The summed E-state index contributed by atoms with van der Waals surface area (Å²) in [4.78, 5) is 11.0. The Labute approximate surface area is 117 Å². The standard InChI is InChI=1S/C10H8F8O4/c1-4(9(13,14)15)5(19)22-6(10(16,17)18)8(11,12)7-20-2-3-21-7/h6-7H,1-3H2. The Morgan fingerprint density at radius 3 is 1.86 bits per heavy atom. The zero-order valence-corrected chi connectivity index (χ0v) is 10.4. The maximum absolute atomic E-state index is 13.7. The molecule has 0 spiro atoms. The first-order chi connectivity index (χ1) is 9.78. The predicted molar refractivity (Wildman–Crippen MR) is 51.8 cm³/mol. The van der Waals surface area contributed by atoms with Crippen molar-refractivity contribution in [2.45, 2.75) is 30.7 Å². The molecule has 4 nitrogen and oxygen atoms in total. The van der Waals surface area contributed by atoms with Crippen LogP contribution in [-0.4, -0.2) is 49.9 Å². The normalized spacial score (nSPS) is 19.1. The van der Waals surface area contributed by atoms with E-state index in [9.17, 15) is 39.9 Å². The van der Waals surface area contributed by atoms with Crippen molar-refractivity contribution in [2.24, 2.45) is 0 Å². The molecule has 1 atom stereocenters. The van der Waals surface area contributed by atoms with Crippen LogP contribution in [0.5, 0.6) is 0 Å². The number of rotatable bonds is 4. The van der Waals surface area contributed by atoms with Crippen LogP contribution in [0, 0.1) is 0 Å². The van der Waals surface area contributed by atoms with Gasteiger partial charge in [-0.25, -0.2) is 4.79 Å². The Hall–Kier alpha value is -1.43. The molecule has 0 aromatic rings. The van der Waals surface area contributed by atoms with E-state index in [-0.39, 0.29) is 0 Å². The fourth-order valence-electron chi connectivity index (χ4n) is 1.36. The van der Waals surface area contributed by atoms with Crippen LogP contribution in [0.15, 0.2) is 12.2 Å². The van der Waals surface area contributed by atoms with E-state index in [1.807, 2.05) is 0 Å². The predicted octanol–water partition coefficient (Wildman–Crippen LogP) is 2.59. The summed E-state index contributed by atoms with van der Waals surface area (Å²) in [5.74, 6) is -7.62.